The van der Waals surface area contributed by atoms with Crippen molar-refractivity contribution in [3.05, 3.63) is 83.8 Å². The summed E-state index contributed by atoms with van der Waals surface area (Å²) in [5.74, 6) is 0.0717. The highest BCUT2D eigenvalue weighted by Crippen LogP contribution is 2.24. The van der Waals surface area contributed by atoms with E-state index in [1.54, 1.807) is 24.4 Å². The second kappa shape index (κ2) is 6.91. The van der Waals surface area contributed by atoms with Crippen molar-refractivity contribution in [3.8, 4) is 11.6 Å². The van der Waals surface area contributed by atoms with Gasteiger partial charge < -0.3 is 10.1 Å². The van der Waals surface area contributed by atoms with E-state index in [0.717, 1.165) is 5.56 Å². The summed E-state index contributed by atoms with van der Waals surface area (Å²) in [4.78, 5) is 16.6. The molecule has 24 heavy (non-hydrogen) atoms. The molecule has 0 unspecified atom stereocenters. The average Bonchev–Trinajstić information content (AvgIpc) is 2.57. The lowest BCUT2D eigenvalue weighted by molar-refractivity contribution is 0.102. The van der Waals surface area contributed by atoms with Crippen LogP contribution in [-0.2, 0) is 0 Å². The molecule has 1 amide bonds. The summed E-state index contributed by atoms with van der Waals surface area (Å²) in [6, 6.07) is 16.3. The van der Waals surface area contributed by atoms with E-state index < -0.39 is 0 Å². The van der Waals surface area contributed by atoms with Gasteiger partial charge in [-0.15, -0.1) is 0 Å². The molecule has 0 aliphatic rings. The molecule has 0 aliphatic carbocycles. The van der Waals surface area contributed by atoms with Crippen molar-refractivity contribution < 1.29 is 13.9 Å². The van der Waals surface area contributed by atoms with E-state index in [4.69, 9.17) is 4.74 Å². The SMILES string of the molecule is Cc1cccc(Oc2ncccc2C(=O)Nc2ccc(F)cc2)c1. The summed E-state index contributed by atoms with van der Waals surface area (Å²) < 4.78 is 18.7. The first kappa shape index (κ1) is 15.7. The number of aromatic nitrogens is 1. The lowest BCUT2D eigenvalue weighted by atomic mass is 10.2. The highest BCUT2D eigenvalue weighted by atomic mass is 19.1. The Hall–Kier alpha value is -3.21. The molecule has 0 fully saturated rings. The third kappa shape index (κ3) is 3.76. The van der Waals surface area contributed by atoms with E-state index in [0.29, 0.717) is 17.0 Å². The highest BCUT2D eigenvalue weighted by molar-refractivity contribution is 6.05. The molecule has 1 heterocycles. The zero-order valence-electron chi connectivity index (χ0n) is 13.0. The first-order valence-corrected chi connectivity index (χ1v) is 7.38. The zero-order chi connectivity index (χ0) is 16.9. The highest BCUT2D eigenvalue weighted by Gasteiger charge is 2.14. The number of halogens is 1. The van der Waals surface area contributed by atoms with Crippen LogP contribution in [0.4, 0.5) is 10.1 Å². The number of nitrogens with one attached hydrogen (secondary N) is 1. The van der Waals surface area contributed by atoms with Crippen LogP contribution in [0.15, 0.2) is 66.9 Å². The Morgan fingerprint density at radius 3 is 2.62 bits per heavy atom. The monoisotopic (exact) mass is 322 g/mol. The lowest BCUT2D eigenvalue weighted by Gasteiger charge is -2.10. The van der Waals surface area contributed by atoms with E-state index in [9.17, 15) is 9.18 Å². The number of nitrogens with zero attached hydrogens (tertiary/aromatic N) is 1. The smallest absolute Gasteiger partial charge is 0.261 e. The van der Waals surface area contributed by atoms with E-state index in [1.807, 2.05) is 25.1 Å². The van der Waals surface area contributed by atoms with Crippen LogP contribution < -0.4 is 10.1 Å². The molecule has 3 rings (SSSR count). The van der Waals surface area contributed by atoms with Crippen LogP contribution in [0.25, 0.3) is 0 Å². The second-order valence-electron chi connectivity index (χ2n) is 5.24. The van der Waals surface area contributed by atoms with Crippen molar-refractivity contribution in [2.24, 2.45) is 0 Å². The van der Waals surface area contributed by atoms with Crippen LogP contribution >= 0.6 is 0 Å². The van der Waals surface area contributed by atoms with Gasteiger partial charge in [-0.05, 0) is 61.0 Å². The van der Waals surface area contributed by atoms with Crippen molar-refractivity contribution in [3.63, 3.8) is 0 Å². The van der Waals surface area contributed by atoms with Gasteiger partial charge >= 0.3 is 0 Å². The molecule has 0 spiro atoms. The first-order valence-electron chi connectivity index (χ1n) is 7.38. The molecule has 3 aromatic rings. The molecule has 1 aromatic heterocycles. The molecule has 4 nitrogen and oxygen atoms in total. The number of anilines is 1. The molecule has 0 saturated heterocycles. The summed E-state index contributed by atoms with van der Waals surface area (Å²) in [5.41, 5.74) is 1.83. The van der Waals surface area contributed by atoms with Crippen LogP contribution in [0.5, 0.6) is 11.6 Å². The number of hydrogen-bond donors (Lipinski definition) is 1. The maximum atomic E-state index is 12.9. The predicted molar refractivity (Wildman–Crippen MR) is 89.8 cm³/mol. The zero-order valence-corrected chi connectivity index (χ0v) is 13.0. The Labute approximate surface area is 138 Å². The van der Waals surface area contributed by atoms with Gasteiger partial charge in [0, 0.05) is 11.9 Å². The van der Waals surface area contributed by atoms with Crippen LogP contribution in [0.3, 0.4) is 0 Å². The Balaban J connectivity index is 1.83. The normalized spacial score (nSPS) is 10.2. The van der Waals surface area contributed by atoms with Crippen LogP contribution in [0, 0.1) is 12.7 Å². The molecule has 0 atom stereocenters. The summed E-state index contributed by atoms with van der Waals surface area (Å²) in [7, 11) is 0. The molecule has 1 N–H and O–H groups in total. The van der Waals surface area contributed by atoms with Gasteiger partial charge in [0.1, 0.15) is 17.1 Å². The number of carbonyl (C=O) groups excluding carboxylic acids is 1. The number of amides is 1. The van der Waals surface area contributed by atoms with Gasteiger partial charge in [-0.25, -0.2) is 9.37 Å². The molecule has 2 aromatic carbocycles. The fourth-order valence-corrected chi connectivity index (χ4v) is 2.17. The topological polar surface area (TPSA) is 51.2 Å². The number of benzene rings is 2. The predicted octanol–water partition coefficient (Wildman–Crippen LogP) is 4.57. The molecular weight excluding hydrogens is 307 g/mol. The van der Waals surface area contributed by atoms with Gasteiger partial charge in [-0.3, -0.25) is 4.79 Å². The molecule has 5 heteroatoms. The van der Waals surface area contributed by atoms with Crippen molar-refractivity contribution in [1.29, 1.82) is 0 Å². The van der Waals surface area contributed by atoms with Crippen molar-refractivity contribution in [2.45, 2.75) is 6.92 Å². The number of rotatable bonds is 4. The Kier molecular flexibility index (Phi) is 4.52. The van der Waals surface area contributed by atoms with E-state index in [1.165, 1.54) is 24.3 Å². The quantitative estimate of drug-likeness (QED) is 0.765. The fourth-order valence-electron chi connectivity index (χ4n) is 2.17. The van der Waals surface area contributed by atoms with Crippen molar-refractivity contribution >= 4 is 11.6 Å². The maximum absolute atomic E-state index is 12.9. The summed E-state index contributed by atoms with van der Waals surface area (Å²) in [6.07, 6.45) is 1.56. The third-order valence-corrected chi connectivity index (χ3v) is 3.32. The van der Waals surface area contributed by atoms with Gasteiger partial charge in [-0.1, -0.05) is 12.1 Å². The van der Waals surface area contributed by atoms with Crippen LogP contribution in [-0.4, -0.2) is 10.9 Å². The summed E-state index contributed by atoms with van der Waals surface area (Å²) >= 11 is 0. The number of pyridine rings is 1. The number of aryl methyl sites for hydroxylation is 1. The van der Waals surface area contributed by atoms with Crippen molar-refractivity contribution in [2.75, 3.05) is 5.32 Å². The van der Waals surface area contributed by atoms with Gasteiger partial charge in [0.25, 0.3) is 5.91 Å². The number of ether oxygens (including phenoxy) is 1. The van der Waals surface area contributed by atoms with Crippen molar-refractivity contribution in [1.82, 2.24) is 4.98 Å². The first-order chi connectivity index (χ1) is 11.6. The van der Waals surface area contributed by atoms with E-state index in [-0.39, 0.29) is 17.6 Å². The summed E-state index contributed by atoms with van der Waals surface area (Å²) in [6.45, 7) is 1.95. The summed E-state index contributed by atoms with van der Waals surface area (Å²) in [5, 5.41) is 2.70. The minimum atomic E-state index is -0.377. The Morgan fingerprint density at radius 2 is 1.88 bits per heavy atom. The van der Waals surface area contributed by atoms with Gasteiger partial charge in [-0.2, -0.15) is 0 Å². The van der Waals surface area contributed by atoms with Gasteiger partial charge in [0.15, 0.2) is 0 Å². The van der Waals surface area contributed by atoms with Gasteiger partial charge in [0.2, 0.25) is 5.88 Å². The third-order valence-electron chi connectivity index (χ3n) is 3.32. The molecule has 0 saturated carbocycles. The standard InChI is InChI=1S/C19H15FN2O2/c1-13-4-2-5-16(12-13)24-19-17(6-3-11-21-19)18(23)22-15-9-7-14(20)8-10-15/h2-12H,1H3,(H,22,23). The number of hydrogen-bond acceptors (Lipinski definition) is 3. The average molecular weight is 322 g/mol. The van der Waals surface area contributed by atoms with E-state index >= 15 is 0 Å². The van der Waals surface area contributed by atoms with Crippen LogP contribution in [0.1, 0.15) is 15.9 Å². The molecule has 0 bridgehead atoms. The second-order valence-corrected chi connectivity index (χ2v) is 5.24. The van der Waals surface area contributed by atoms with E-state index in [2.05, 4.69) is 10.3 Å². The minimum Gasteiger partial charge on any atom is -0.438 e. The Bertz CT molecular complexity index is 863. The molecule has 0 aliphatic heterocycles. The lowest BCUT2D eigenvalue weighted by Crippen LogP contribution is -2.13. The maximum Gasteiger partial charge on any atom is 0.261 e. The minimum absolute atomic E-state index is 0.211. The molecule has 120 valence electrons. The van der Waals surface area contributed by atoms with Crippen LogP contribution in [0.2, 0.25) is 0 Å². The fraction of sp³-hybridized carbons (Fsp3) is 0.0526. The largest absolute Gasteiger partial charge is 0.438 e. The molecular formula is C19H15FN2O2. The number of carbonyl (C=O) groups is 1. The Morgan fingerprint density at radius 1 is 1.08 bits per heavy atom. The van der Waals surface area contributed by atoms with Gasteiger partial charge in [0.05, 0.1) is 0 Å². The molecule has 0 radical (unpaired) electrons.